The lowest BCUT2D eigenvalue weighted by Gasteiger charge is -2.21. The first-order chi connectivity index (χ1) is 13.4. The zero-order valence-corrected chi connectivity index (χ0v) is 16.0. The van der Waals surface area contributed by atoms with E-state index in [1.165, 1.54) is 42.0 Å². The molecule has 144 valence electrons. The van der Waals surface area contributed by atoms with Gasteiger partial charge < -0.3 is 5.32 Å². The SMILES string of the molecule is CC(C)c1ccc(C(CC(=O)c2ccc(F)cc2)Nc2ccc(F)cc2)cc1. The van der Waals surface area contributed by atoms with Crippen molar-refractivity contribution in [3.63, 3.8) is 0 Å². The van der Waals surface area contributed by atoms with Gasteiger partial charge in [-0.15, -0.1) is 0 Å². The zero-order chi connectivity index (χ0) is 20.1. The van der Waals surface area contributed by atoms with Crippen LogP contribution in [0.3, 0.4) is 0 Å². The van der Waals surface area contributed by atoms with E-state index >= 15 is 0 Å². The van der Waals surface area contributed by atoms with Crippen LogP contribution in [0.2, 0.25) is 0 Å². The highest BCUT2D eigenvalue weighted by molar-refractivity contribution is 5.96. The van der Waals surface area contributed by atoms with Crippen LogP contribution in [0.15, 0.2) is 72.8 Å². The maximum absolute atomic E-state index is 13.2. The number of anilines is 1. The van der Waals surface area contributed by atoms with Gasteiger partial charge >= 0.3 is 0 Å². The van der Waals surface area contributed by atoms with E-state index in [2.05, 4.69) is 31.3 Å². The Morgan fingerprint density at radius 2 is 1.29 bits per heavy atom. The molecule has 2 nitrogen and oxygen atoms in total. The summed E-state index contributed by atoms with van der Waals surface area (Å²) in [6.45, 7) is 4.25. The smallest absolute Gasteiger partial charge is 0.165 e. The number of benzene rings is 3. The van der Waals surface area contributed by atoms with Gasteiger partial charge in [0.1, 0.15) is 11.6 Å². The quantitative estimate of drug-likeness (QED) is 0.474. The van der Waals surface area contributed by atoms with Crippen LogP contribution in [0.25, 0.3) is 0 Å². The fourth-order valence-electron chi connectivity index (χ4n) is 3.05. The average Bonchev–Trinajstić information content (AvgIpc) is 2.69. The molecule has 0 saturated heterocycles. The van der Waals surface area contributed by atoms with Crippen molar-refractivity contribution in [2.45, 2.75) is 32.2 Å². The molecule has 1 atom stereocenters. The fraction of sp³-hybridized carbons (Fsp3) is 0.208. The van der Waals surface area contributed by atoms with E-state index < -0.39 is 0 Å². The van der Waals surface area contributed by atoms with Gasteiger partial charge in [0.25, 0.3) is 0 Å². The minimum atomic E-state index is -0.373. The molecule has 0 saturated carbocycles. The normalized spacial score (nSPS) is 12.0. The molecule has 0 aliphatic rings. The molecule has 1 unspecified atom stereocenters. The number of carbonyl (C=O) groups is 1. The molecule has 0 aromatic heterocycles. The summed E-state index contributed by atoms with van der Waals surface area (Å²) < 4.78 is 26.4. The first-order valence-electron chi connectivity index (χ1n) is 9.33. The molecule has 0 fully saturated rings. The van der Waals surface area contributed by atoms with Gasteiger partial charge in [0.15, 0.2) is 5.78 Å². The third-order valence-corrected chi connectivity index (χ3v) is 4.75. The van der Waals surface area contributed by atoms with Crippen LogP contribution < -0.4 is 5.32 Å². The van der Waals surface area contributed by atoms with E-state index in [-0.39, 0.29) is 29.9 Å². The summed E-state index contributed by atoms with van der Waals surface area (Å²) in [5.74, 6) is -0.362. The van der Waals surface area contributed by atoms with Gasteiger partial charge in [-0.25, -0.2) is 8.78 Å². The second-order valence-electron chi connectivity index (χ2n) is 7.16. The summed E-state index contributed by atoms with van der Waals surface area (Å²) in [7, 11) is 0. The Labute approximate surface area is 164 Å². The minimum Gasteiger partial charge on any atom is -0.378 e. The Morgan fingerprint density at radius 1 is 0.786 bits per heavy atom. The zero-order valence-electron chi connectivity index (χ0n) is 16.0. The molecule has 0 spiro atoms. The molecule has 0 aliphatic heterocycles. The minimum absolute atomic E-state index is 0.0902. The van der Waals surface area contributed by atoms with Crippen molar-refractivity contribution < 1.29 is 13.6 Å². The third kappa shape index (κ3) is 5.03. The molecule has 28 heavy (non-hydrogen) atoms. The summed E-state index contributed by atoms with van der Waals surface area (Å²) in [4.78, 5) is 12.7. The number of Topliss-reactive ketones (excluding diaryl/α,β-unsaturated/α-hetero) is 1. The van der Waals surface area contributed by atoms with E-state index in [9.17, 15) is 13.6 Å². The predicted octanol–water partition coefficient (Wildman–Crippen LogP) is 6.51. The van der Waals surface area contributed by atoms with Crippen LogP contribution in [0.1, 0.15) is 53.7 Å². The number of rotatable bonds is 7. The number of hydrogen-bond acceptors (Lipinski definition) is 2. The van der Waals surface area contributed by atoms with Gasteiger partial charge in [0.2, 0.25) is 0 Å². The lowest BCUT2D eigenvalue weighted by atomic mass is 9.95. The summed E-state index contributed by atoms with van der Waals surface area (Å²) in [6, 6.07) is 19.5. The van der Waals surface area contributed by atoms with Crippen molar-refractivity contribution in [3.8, 4) is 0 Å². The van der Waals surface area contributed by atoms with E-state index in [1.807, 2.05) is 12.1 Å². The maximum atomic E-state index is 13.2. The van der Waals surface area contributed by atoms with E-state index in [0.29, 0.717) is 11.5 Å². The van der Waals surface area contributed by atoms with Gasteiger partial charge in [0.05, 0.1) is 6.04 Å². The Kier molecular flexibility index (Phi) is 6.19. The summed E-state index contributed by atoms with van der Waals surface area (Å²) in [5, 5.41) is 3.32. The van der Waals surface area contributed by atoms with Crippen molar-refractivity contribution in [1.82, 2.24) is 0 Å². The van der Waals surface area contributed by atoms with Crippen molar-refractivity contribution >= 4 is 11.5 Å². The lowest BCUT2D eigenvalue weighted by molar-refractivity contribution is 0.0976. The van der Waals surface area contributed by atoms with E-state index in [1.54, 1.807) is 12.1 Å². The summed E-state index contributed by atoms with van der Waals surface area (Å²) >= 11 is 0. The van der Waals surface area contributed by atoms with Crippen LogP contribution in [0, 0.1) is 11.6 Å². The van der Waals surface area contributed by atoms with Crippen LogP contribution in [-0.2, 0) is 0 Å². The Balaban J connectivity index is 1.85. The Morgan fingerprint density at radius 3 is 1.82 bits per heavy atom. The highest BCUT2D eigenvalue weighted by Gasteiger charge is 2.18. The first kappa shape index (κ1) is 19.7. The molecule has 0 heterocycles. The lowest BCUT2D eigenvalue weighted by Crippen LogP contribution is -2.16. The largest absolute Gasteiger partial charge is 0.378 e. The van der Waals surface area contributed by atoms with Gasteiger partial charge in [0, 0.05) is 17.7 Å². The third-order valence-electron chi connectivity index (χ3n) is 4.75. The number of carbonyl (C=O) groups excluding carboxylic acids is 1. The molecule has 0 amide bonds. The molecule has 4 heteroatoms. The van der Waals surface area contributed by atoms with Gasteiger partial charge in [-0.2, -0.15) is 0 Å². The highest BCUT2D eigenvalue weighted by atomic mass is 19.1. The van der Waals surface area contributed by atoms with Crippen LogP contribution in [-0.4, -0.2) is 5.78 Å². The number of ketones is 1. The Hall–Kier alpha value is -3.01. The van der Waals surface area contributed by atoms with Gasteiger partial charge in [-0.3, -0.25) is 4.79 Å². The monoisotopic (exact) mass is 379 g/mol. The summed E-state index contributed by atoms with van der Waals surface area (Å²) in [6.07, 6.45) is 0.198. The topological polar surface area (TPSA) is 29.1 Å². The predicted molar refractivity (Wildman–Crippen MR) is 109 cm³/mol. The molecule has 0 radical (unpaired) electrons. The van der Waals surface area contributed by atoms with Gasteiger partial charge in [-0.05, 0) is 65.6 Å². The Bertz CT molecular complexity index is 916. The van der Waals surface area contributed by atoms with Crippen LogP contribution in [0.4, 0.5) is 14.5 Å². The molecule has 3 aromatic rings. The number of hydrogen-bond donors (Lipinski definition) is 1. The molecule has 3 rings (SSSR count). The average molecular weight is 379 g/mol. The molecule has 3 aromatic carbocycles. The highest BCUT2D eigenvalue weighted by Crippen LogP contribution is 2.26. The molecule has 1 N–H and O–H groups in total. The second kappa shape index (κ2) is 8.79. The van der Waals surface area contributed by atoms with E-state index in [0.717, 1.165) is 11.3 Å². The van der Waals surface area contributed by atoms with Gasteiger partial charge in [-0.1, -0.05) is 38.1 Å². The number of halogens is 2. The van der Waals surface area contributed by atoms with E-state index in [4.69, 9.17) is 0 Å². The van der Waals surface area contributed by atoms with Crippen LogP contribution in [0.5, 0.6) is 0 Å². The maximum Gasteiger partial charge on any atom is 0.165 e. The standard InChI is InChI=1S/C24H23F2NO/c1-16(2)17-3-5-18(6-4-17)23(27-22-13-11-21(26)12-14-22)15-24(28)19-7-9-20(25)10-8-19/h3-14,16,23,27H,15H2,1-2H3. The second-order valence-corrected chi connectivity index (χ2v) is 7.16. The van der Waals surface area contributed by atoms with Crippen molar-refractivity contribution in [2.75, 3.05) is 5.32 Å². The fourth-order valence-corrected chi connectivity index (χ4v) is 3.05. The summed E-state index contributed by atoms with van der Waals surface area (Å²) in [5.41, 5.74) is 3.37. The van der Waals surface area contributed by atoms with Crippen molar-refractivity contribution in [1.29, 1.82) is 0 Å². The van der Waals surface area contributed by atoms with Crippen molar-refractivity contribution in [3.05, 3.63) is 101 Å². The molecular formula is C24H23F2NO. The first-order valence-corrected chi connectivity index (χ1v) is 9.33. The molecule has 0 aliphatic carbocycles. The number of nitrogens with one attached hydrogen (secondary N) is 1. The molecular weight excluding hydrogens is 356 g/mol. The van der Waals surface area contributed by atoms with Crippen molar-refractivity contribution in [2.24, 2.45) is 0 Å². The molecule has 0 bridgehead atoms. The van der Waals surface area contributed by atoms with Crippen LogP contribution >= 0.6 is 0 Å².